The van der Waals surface area contributed by atoms with Gasteiger partial charge in [-0.15, -0.1) is 0 Å². The molecule has 2 aromatic rings. The SMILES string of the molecule is CCCN1C(=O)COc2ccc(C(=O)Cn3cccc(OC)c3=O)cc21. The largest absolute Gasteiger partial charge is 0.491 e. The summed E-state index contributed by atoms with van der Waals surface area (Å²) in [5, 5.41) is 0. The summed E-state index contributed by atoms with van der Waals surface area (Å²) >= 11 is 0. The van der Waals surface area contributed by atoms with Crippen LogP contribution < -0.4 is 19.9 Å². The summed E-state index contributed by atoms with van der Waals surface area (Å²) < 4.78 is 11.7. The number of anilines is 1. The lowest BCUT2D eigenvalue weighted by molar-refractivity contribution is -0.121. The number of carbonyl (C=O) groups is 2. The Morgan fingerprint density at radius 3 is 2.81 bits per heavy atom. The Bertz CT molecular complexity index is 903. The third kappa shape index (κ3) is 3.33. The molecule has 0 saturated carbocycles. The van der Waals surface area contributed by atoms with Gasteiger partial charge in [0.15, 0.2) is 18.1 Å². The van der Waals surface area contributed by atoms with Crippen molar-refractivity contribution in [2.24, 2.45) is 0 Å². The van der Waals surface area contributed by atoms with Gasteiger partial charge >= 0.3 is 0 Å². The molecule has 0 atom stereocenters. The van der Waals surface area contributed by atoms with Crippen LogP contribution in [0.2, 0.25) is 0 Å². The molecule has 1 aromatic heterocycles. The number of pyridine rings is 1. The Labute approximate surface area is 150 Å². The molecule has 1 amide bonds. The molecule has 0 fully saturated rings. The highest BCUT2D eigenvalue weighted by Gasteiger charge is 2.26. The van der Waals surface area contributed by atoms with Crippen molar-refractivity contribution in [3.05, 3.63) is 52.4 Å². The molecule has 1 aromatic carbocycles. The summed E-state index contributed by atoms with van der Waals surface area (Å²) in [6, 6.07) is 8.18. The maximum Gasteiger partial charge on any atom is 0.293 e. The molecule has 1 aliphatic rings. The van der Waals surface area contributed by atoms with Crippen LogP contribution in [0.15, 0.2) is 41.3 Å². The topological polar surface area (TPSA) is 77.8 Å². The van der Waals surface area contributed by atoms with Gasteiger partial charge in [0.2, 0.25) is 0 Å². The second kappa shape index (κ2) is 7.43. The molecule has 0 N–H and O–H groups in total. The number of hydrogen-bond donors (Lipinski definition) is 0. The van der Waals surface area contributed by atoms with Crippen LogP contribution in [0.1, 0.15) is 23.7 Å². The number of nitrogens with zero attached hydrogens (tertiary/aromatic N) is 2. The molecule has 7 heteroatoms. The van der Waals surface area contributed by atoms with Gasteiger partial charge in [0, 0.05) is 18.3 Å². The number of fused-ring (bicyclic) bond motifs is 1. The zero-order chi connectivity index (χ0) is 18.7. The highest BCUT2D eigenvalue weighted by Crippen LogP contribution is 2.33. The number of ketones is 1. The third-order valence-corrected chi connectivity index (χ3v) is 4.19. The first-order valence-electron chi connectivity index (χ1n) is 8.39. The molecule has 7 nitrogen and oxygen atoms in total. The van der Waals surface area contributed by atoms with Crippen LogP contribution in [0.4, 0.5) is 5.69 Å². The van der Waals surface area contributed by atoms with Crippen LogP contribution in [0.3, 0.4) is 0 Å². The minimum absolute atomic E-state index is 0.000499. The van der Waals surface area contributed by atoms with Crippen molar-refractivity contribution in [3.8, 4) is 11.5 Å². The van der Waals surface area contributed by atoms with Crippen LogP contribution in [-0.4, -0.2) is 36.5 Å². The van der Waals surface area contributed by atoms with Crippen LogP contribution in [0.5, 0.6) is 11.5 Å². The van der Waals surface area contributed by atoms with E-state index in [2.05, 4.69) is 0 Å². The summed E-state index contributed by atoms with van der Waals surface area (Å²) in [4.78, 5) is 38.6. The Hall–Kier alpha value is -3.09. The van der Waals surface area contributed by atoms with E-state index in [4.69, 9.17) is 9.47 Å². The summed E-state index contributed by atoms with van der Waals surface area (Å²) in [5.41, 5.74) is 0.636. The number of methoxy groups -OCH3 is 1. The number of ether oxygens (including phenoxy) is 2. The average Bonchev–Trinajstić information content (AvgIpc) is 2.65. The van der Waals surface area contributed by atoms with Crippen molar-refractivity contribution >= 4 is 17.4 Å². The van der Waals surface area contributed by atoms with E-state index in [0.29, 0.717) is 23.5 Å². The predicted molar refractivity (Wildman–Crippen MR) is 96.2 cm³/mol. The van der Waals surface area contributed by atoms with Gasteiger partial charge in [0.1, 0.15) is 5.75 Å². The molecular weight excluding hydrogens is 336 g/mol. The Morgan fingerprint density at radius 1 is 1.27 bits per heavy atom. The number of Topliss-reactive ketones (excluding diaryl/α,β-unsaturated/α-hetero) is 1. The molecular formula is C19H20N2O5. The van der Waals surface area contributed by atoms with Crippen LogP contribution in [0, 0.1) is 0 Å². The number of amides is 1. The Kier molecular flexibility index (Phi) is 5.06. The van der Waals surface area contributed by atoms with Crippen LogP contribution >= 0.6 is 0 Å². The molecule has 0 aliphatic carbocycles. The van der Waals surface area contributed by atoms with Crippen molar-refractivity contribution in [1.82, 2.24) is 4.57 Å². The molecule has 2 heterocycles. The van der Waals surface area contributed by atoms with Gasteiger partial charge in [0.25, 0.3) is 11.5 Å². The highest BCUT2D eigenvalue weighted by molar-refractivity contribution is 6.01. The summed E-state index contributed by atoms with van der Waals surface area (Å²) in [6.45, 7) is 2.42. The first-order valence-corrected chi connectivity index (χ1v) is 8.39. The minimum atomic E-state index is -0.368. The highest BCUT2D eigenvalue weighted by atomic mass is 16.5. The quantitative estimate of drug-likeness (QED) is 0.739. The number of rotatable bonds is 6. The molecule has 0 radical (unpaired) electrons. The van der Waals surface area contributed by atoms with Gasteiger partial charge in [-0.25, -0.2) is 0 Å². The summed E-state index contributed by atoms with van der Waals surface area (Å²) in [7, 11) is 1.41. The molecule has 0 bridgehead atoms. The first kappa shape index (κ1) is 17.7. The fraction of sp³-hybridized carbons (Fsp3) is 0.316. The molecule has 26 heavy (non-hydrogen) atoms. The number of hydrogen-bond acceptors (Lipinski definition) is 5. The number of carbonyl (C=O) groups excluding carboxylic acids is 2. The van der Waals surface area contributed by atoms with Crippen molar-refractivity contribution in [2.75, 3.05) is 25.2 Å². The second-order valence-corrected chi connectivity index (χ2v) is 5.95. The van der Waals surface area contributed by atoms with Gasteiger partial charge in [-0.2, -0.15) is 0 Å². The van der Waals surface area contributed by atoms with Gasteiger partial charge in [-0.3, -0.25) is 14.4 Å². The van der Waals surface area contributed by atoms with Crippen LogP contribution in [0.25, 0.3) is 0 Å². The minimum Gasteiger partial charge on any atom is -0.491 e. The van der Waals surface area contributed by atoms with E-state index in [0.717, 1.165) is 6.42 Å². The lowest BCUT2D eigenvalue weighted by Gasteiger charge is -2.29. The fourth-order valence-electron chi connectivity index (χ4n) is 2.89. The van der Waals surface area contributed by atoms with Crippen molar-refractivity contribution in [3.63, 3.8) is 0 Å². The van der Waals surface area contributed by atoms with Gasteiger partial charge in [-0.05, 0) is 36.8 Å². The first-order chi connectivity index (χ1) is 12.5. The molecule has 0 unspecified atom stereocenters. The molecule has 0 saturated heterocycles. The average molecular weight is 356 g/mol. The van der Waals surface area contributed by atoms with Gasteiger partial charge < -0.3 is 18.9 Å². The fourth-order valence-corrected chi connectivity index (χ4v) is 2.89. The smallest absolute Gasteiger partial charge is 0.293 e. The van der Waals surface area contributed by atoms with E-state index < -0.39 is 0 Å². The Morgan fingerprint density at radius 2 is 2.08 bits per heavy atom. The van der Waals surface area contributed by atoms with Crippen molar-refractivity contribution in [2.45, 2.75) is 19.9 Å². The molecule has 3 rings (SSSR count). The van der Waals surface area contributed by atoms with Gasteiger partial charge in [-0.1, -0.05) is 6.92 Å². The number of aromatic nitrogens is 1. The third-order valence-electron chi connectivity index (χ3n) is 4.19. The maximum absolute atomic E-state index is 12.7. The summed E-state index contributed by atoms with van der Waals surface area (Å²) in [6.07, 6.45) is 2.33. The number of benzene rings is 1. The van der Waals surface area contributed by atoms with E-state index in [9.17, 15) is 14.4 Å². The molecule has 0 spiro atoms. The zero-order valence-corrected chi connectivity index (χ0v) is 14.7. The molecule has 136 valence electrons. The normalized spacial score (nSPS) is 13.2. The molecule has 1 aliphatic heterocycles. The van der Waals surface area contributed by atoms with Gasteiger partial charge in [0.05, 0.1) is 19.3 Å². The predicted octanol–water partition coefficient (Wildman–Crippen LogP) is 1.88. The van der Waals surface area contributed by atoms with E-state index in [1.54, 1.807) is 35.2 Å². The van der Waals surface area contributed by atoms with E-state index in [1.165, 1.54) is 17.9 Å². The lowest BCUT2D eigenvalue weighted by atomic mass is 10.1. The lowest BCUT2D eigenvalue weighted by Crippen LogP contribution is -2.39. The maximum atomic E-state index is 12.7. The second-order valence-electron chi connectivity index (χ2n) is 5.95. The van der Waals surface area contributed by atoms with Crippen LogP contribution in [-0.2, 0) is 11.3 Å². The Balaban J connectivity index is 1.90. The van der Waals surface area contributed by atoms with Crippen molar-refractivity contribution < 1.29 is 19.1 Å². The van der Waals surface area contributed by atoms with E-state index >= 15 is 0 Å². The van der Waals surface area contributed by atoms with E-state index in [1.807, 2.05) is 6.92 Å². The van der Waals surface area contributed by atoms with Crippen molar-refractivity contribution in [1.29, 1.82) is 0 Å². The standard InChI is InChI=1S/C19H20N2O5/c1-3-8-21-14-10-13(6-7-16(14)26-12-18(21)23)15(22)11-20-9-4-5-17(25-2)19(20)24/h4-7,9-10H,3,8,11-12H2,1-2H3. The monoisotopic (exact) mass is 356 g/mol. The summed E-state index contributed by atoms with van der Waals surface area (Å²) in [5.74, 6) is 0.387. The van der Waals surface area contributed by atoms with E-state index in [-0.39, 0.29) is 36.2 Å². The zero-order valence-electron chi connectivity index (χ0n) is 14.7.